The van der Waals surface area contributed by atoms with Crippen molar-refractivity contribution in [2.75, 3.05) is 5.73 Å². The lowest BCUT2D eigenvalue weighted by Gasteiger charge is -2.22. The summed E-state index contributed by atoms with van der Waals surface area (Å²) in [6, 6.07) is 9.47. The summed E-state index contributed by atoms with van der Waals surface area (Å²) in [7, 11) is 0. The fourth-order valence-corrected chi connectivity index (χ4v) is 3.07. The monoisotopic (exact) mass is 410 g/mol. The Hall–Kier alpha value is -2.67. The lowest BCUT2D eigenvalue weighted by atomic mass is 10.0. The molecule has 28 heavy (non-hydrogen) atoms. The molecular formula is C20H18ClF3N2O2. The molecule has 148 valence electrons. The van der Waals surface area contributed by atoms with Crippen molar-refractivity contribution in [1.29, 1.82) is 0 Å². The topological polar surface area (TPSA) is 57.2 Å². The van der Waals surface area contributed by atoms with E-state index in [4.69, 9.17) is 22.1 Å². The molecule has 0 amide bonds. The van der Waals surface area contributed by atoms with Crippen LogP contribution in [0.2, 0.25) is 5.02 Å². The van der Waals surface area contributed by atoms with Crippen molar-refractivity contribution in [3.05, 3.63) is 53.1 Å². The van der Waals surface area contributed by atoms with Gasteiger partial charge in [-0.1, -0.05) is 17.7 Å². The number of ether oxygens (including phenoxy) is 1. The van der Waals surface area contributed by atoms with E-state index in [0.717, 1.165) is 16.7 Å². The Balaban J connectivity index is 2.35. The first-order chi connectivity index (χ1) is 12.9. The van der Waals surface area contributed by atoms with Gasteiger partial charge in [0, 0.05) is 21.7 Å². The zero-order valence-electron chi connectivity index (χ0n) is 15.4. The smallest absolute Gasteiger partial charge is 0.419 e. The van der Waals surface area contributed by atoms with Crippen LogP contribution in [0.25, 0.3) is 22.2 Å². The van der Waals surface area contributed by atoms with Crippen molar-refractivity contribution in [2.45, 2.75) is 32.5 Å². The van der Waals surface area contributed by atoms with E-state index in [1.165, 1.54) is 18.2 Å². The van der Waals surface area contributed by atoms with E-state index in [2.05, 4.69) is 0 Å². The van der Waals surface area contributed by atoms with Crippen LogP contribution >= 0.6 is 11.6 Å². The number of hydrogen-bond donors (Lipinski definition) is 1. The number of aromatic nitrogens is 1. The number of benzene rings is 2. The summed E-state index contributed by atoms with van der Waals surface area (Å²) >= 11 is 5.97. The number of nitrogens with two attached hydrogens (primary N) is 1. The van der Waals surface area contributed by atoms with Gasteiger partial charge in [-0.15, -0.1) is 0 Å². The van der Waals surface area contributed by atoms with Gasteiger partial charge in [-0.2, -0.15) is 13.2 Å². The lowest BCUT2D eigenvalue weighted by Crippen LogP contribution is -2.27. The third-order valence-corrected chi connectivity index (χ3v) is 4.20. The number of rotatable bonds is 1. The second-order valence-electron chi connectivity index (χ2n) is 7.35. The molecule has 3 aromatic rings. The lowest BCUT2D eigenvalue weighted by molar-refractivity contribution is -0.137. The maximum absolute atomic E-state index is 13.6. The van der Waals surface area contributed by atoms with Crippen LogP contribution in [0.4, 0.5) is 23.7 Å². The van der Waals surface area contributed by atoms with E-state index in [9.17, 15) is 18.0 Å². The summed E-state index contributed by atoms with van der Waals surface area (Å²) in [6.45, 7) is 5.02. The predicted molar refractivity (Wildman–Crippen MR) is 103 cm³/mol. The summed E-state index contributed by atoms with van der Waals surface area (Å²) in [6.07, 6.45) is -5.44. The van der Waals surface area contributed by atoms with Gasteiger partial charge in [0.2, 0.25) is 0 Å². The van der Waals surface area contributed by atoms with Crippen molar-refractivity contribution < 1.29 is 22.7 Å². The molecule has 0 saturated carbocycles. The SMILES string of the molecule is CC(C)(C)OC(=O)n1c(-c2cc(Cl)ccc2C(F)(F)F)cc2ccc(N)cc21. The third-order valence-electron chi connectivity index (χ3n) is 3.97. The number of hydrogen-bond acceptors (Lipinski definition) is 3. The Labute approximate surface area is 164 Å². The minimum absolute atomic E-state index is 0.0182. The van der Waals surface area contributed by atoms with Crippen molar-refractivity contribution in [2.24, 2.45) is 0 Å². The predicted octanol–water partition coefficient (Wildman–Crippen LogP) is 6.35. The van der Waals surface area contributed by atoms with E-state index in [0.29, 0.717) is 16.6 Å². The average Bonchev–Trinajstić information content (AvgIpc) is 2.90. The summed E-state index contributed by atoms with van der Waals surface area (Å²) < 4.78 is 47.3. The Bertz CT molecular complexity index is 1070. The highest BCUT2D eigenvalue weighted by Gasteiger charge is 2.35. The summed E-state index contributed by atoms with van der Waals surface area (Å²) in [5.41, 5.74) is 4.59. The maximum Gasteiger partial charge on any atom is 0.419 e. The van der Waals surface area contributed by atoms with E-state index in [-0.39, 0.29) is 16.3 Å². The Morgan fingerprint density at radius 1 is 1.07 bits per heavy atom. The number of halogens is 4. The highest BCUT2D eigenvalue weighted by atomic mass is 35.5. The van der Waals surface area contributed by atoms with E-state index in [1.54, 1.807) is 32.9 Å². The van der Waals surface area contributed by atoms with Gasteiger partial charge in [0.15, 0.2) is 0 Å². The van der Waals surface area contributed by atoms with Gasteiger partial charge < -0.3 is 10.5 Å². The number of carbonyl (C=O) groups is 1. The third kappa shape index (κ3) is 3.94. The van der Waals surface area contributed by atoms with Crippen molar-refractivity contribution in [3.8, 4) is 11.3 Å². The minimum atomic E-state index is -4.63. The van der Waals surface area contributed by atoms with Crippen LogP contribution in [0.1, 0.15) is 26.3 Å². The number of anilines is 1. The molecule has 0 bridgehead atoms. The molecule has 4 nitrogen and oxygen atoms in total. The highest BCUT2D eigenvalue weighted by molar-refractivity contribution is 6.31. The van der Waals surface area contributed by atoms with Crippen LogP contribution in [0, 0.1) is 0 Å². The molecule has 1 heterocycles. The molecule has 2 N–H and O–H groups in total. The molecule has 3 rings (SSSR count). The first kappa shape index (κ1) is 20.1. The second kappa shape index (κ2) is 6.74. The van der Waals surface area contributed by atoms with Gasteiger partial charge in [0.25, 0.3) is 0 Å². The molecule has 0 aliphatic carbocycles. The maximum atomic E-state index is 13.6. The number of carbonyl (C=O) groups excluding carboxylic acids is 1. The molecule has 0 aliphatic rings. The number of nitrogen functional groups attached to an aromatic ring is 1. The molecule has 2 aromatic carbocycles. The summed E-state index contributed by atoms with van der Waals surface area (Å²) in [5.74, 6) is 0. The second-order valence-corrected chi connectivity index (χ2v) is 7.79. The van der Waals surface area contributed by atoms with Gasteiger partial charge in [0.1, 0.15) is 5.60 Å². The van der Waals surface area contributed by atoms with Gasteiger partial charge in [0.05, 0.1) is 16.8 Å². The number of alkyl halides is 3. The molecule has 0 saturated heterocycles. The normalized spacial score (nSPS) is 12.4. The molecule has 0 radical (unpaired) electrons. The van der Waals surface area contributed by atoms with E-state index in [1.807, 2.05) is 0 Å². The highest BCUT2D eigenvalue weighted by Crippen LogP contribution is 2.40. The Morgan fingerprint density at radius 2 is 1.75 bits per heavy atom. The summed E-state index contributed by atoms with van der Waals surface area (Å²) in [4.78, 5) is 12.9. The van der Waals surface area contributed by atoms with Crippen LogP contribution < -0.4 is 5.73 Å². The standard InChI is InChI=1S/C20H18ClF3N2O2/c1-19(2,3)28-18(27)26-16-10-13(25)6-4-11(16)8-17(26)14-9-12(21)5-7-15(14)20(22,23)24/h4-10H,25H2,1-3H3. The largest absolute Gasteiger partial charge is 0.443 e. The first-order valence-corrected chi connectivity index (χ1v) is 8.76. The zero-order valence-corrected chi connectivity index (χ0v) is 16.2. The van der Waals surface area contributed by atoms with Crippen LogP contribution in [0.15, 0.2) is 42.5 Å². The van der Waals surface area contributed by atoms with Gasteiger partial charge in [-0.3, -0.25) is 0 Å². The molecule has 0 fully saturated rings. The van der Waals surface area contributed by atoms with Crippen LogP contribution in [0.5, 0.6) is 0 Å². The van der Waals surface area contributed by atoms with Crippen molar-refractivity contribution in [3.63, 3.8) is 0 Å². The fourth-order valence-electron chi connectivity index (χ4n) is 2.90. The van der Waals surface area contributed by atoms with E-state index < -0.39 is 23.4 Å². The first-order valence-electron chi connectivity index (χ1n) is 8.38. The molecular weight excluding hydrogens is 393 g/mol. The summed E-state index contributed by atoms with van der Waals surface area (Å²) in [5, 5.41) is 0.659. The van der Waals surface area contributed by atoms with Crippen LogP contribution in [0.3, 0.4) is 0 Å². The van der Waals surface area contributed by atoms with Gasteiger partial charge >= 0.3 is 12.3 Å². The molecule has 0 aliphatic heterocycles. The number of nitrogens with zero attached hydrogens (tertiary/aromatic N) is 1. The molecule has 0 spiro atoms. The molecule has 0 unspecified atom stereocenters. The van der Waals surface area contributed by atoms with Gasteiger partial charge in [-0.05, 0) is 57.2 Å². The van der Waals surface area contributed by atoms with Crippen molar-refractivity contribution >= 4 is 34.3 Å². The van der Waals surface area contributed by atoms with Crippen molar-refractivity contribution in [1.82, 2.24) is 4.57 Å². The number of fused-ring (bicyclic) bond motifs is 1. The fraction of sp³-hybridized carbons (Fsp3) is 0.250. The van der Waals surface area contributed by atoms with Gasteiger partial charge in [-0.25, -0.2) is 9.36 Å². The zero-order chi connectivity index (χ0) is 20.9. The Morgan fingerprint density at radius 3 is 2.36 bits per heavy atom. The molecule has 8 heteroatoms. The quantitative estimate of drug-likeness (QED) is 0.476. The average molecular weight is 411 g/mol. The Kier molecular flexibility index (Phi) is 4.83. The molecule has 1 aromatic heterocycles. The van der Waals surface area contributed by atoms with Crippen LogP contribution in [-0.4, -0.2) is 16.3 Å². The van der Waals surface area contributed by atoms with E-state index >= 15 is 0 Å². The molecule has 0 atom stereocenters. The minimum Gasteiger partial charge on any atom is -0.443 e. The van der Waals surface area contributed by atoms with Crippen LogP contribution in [-0.2, 0) is 10.9 Å².